The zero-order valence-corrected chi connectivity index (χ0v) is 6.97. The maximum absolute atomic E-state index is 11.2. The van der Waals surface area contributed by atoms with E-state index < -0.39 is 5.97 Å². The van der Waals surface area contributed by atoms with Crippen molar-refractivity contribution in [3.8, 4) is 0 Å². The van der Waals surface area contributed by atoms with Crippen molar-refractivity contribution in [3.63, 3.8) is 0 Å². The Morgan fingerprint density at radius 3 is 3.15 bits per heavy atom. The predicted octanol–water partition coefficient (Wildman–Crippen LogP) is 0.516. The molecule has 2 rings (SSSR count). The monoisotopic (exact) mass is 177 g/mol. The maximum Gasteiger partial charge on any atom is 0.341 e. The molecule has 0 spiro atoms. The number of esters is 1. The Morgan fingerprint density at radius 1 is 1.54 bits per heavy atom. The molecule has 0 aliphatic carbocycles. The summed E-state index contributed by atoms with van der Waals surface area (Å²) in [6.07, 6.45) is 6.30. The van der Waals surface area contributed by atoms with Gasteiger partial charge in [0.1, 0.15) is 5.56 Å². The van der Waals surface area contributed by atoms with Crippen molar-refractivity contribution < 1.29 is 9.53 Å². The minimum atomic E-state index is -0.400. The highest BCUT2D eigenvalue weighted by Crippen LogP contribution is 2.08. The summed E-state index contributed by atoms with van der Waals surface area (Å²) in [7, 11) is 1.34. The molecule has 0 aromatic carbocycles. The van der Waals surface area contributed by atoms with Crippen LogP contribution in [0.25, 0.3) is 5.52 Å². The lowest BCUT2D eigenvalue weighted by atomic mass is 10.3. The van der Waals surface area contributed by atoms with Crippen LogP contribution < -0.4 is 0 Å². The molecule has 0 saturated heterocycles. The molecule has 2 aromatic rings. The highest BCUT2D eigenvalue weighted by Gasteiger charge is 2.11. The lowest BCUT2D eigenvalue weighted by molar-refractivity contribution is 0.0603. The Labute approximate surface area is 74.0 Å². The van der Waals surface area contributed by atoms with Gasteiger partial charge in [-0.15, -0.1) is 0 Å². The lowest BCUT2D eigenvalue weighted by Gasteiger charge is -1.94. The molecule has 0 unspecified atom stereocenters. The van der Waals surface area contributed by atoms with Crippen LogP contribution in [0.2, 0.25) is 0 Å². The highest BCUT2D eigenvalue weighted by molar-refractivity contribution is 5.96. The van der Waals surface area contributed by atoms with Crippen LogP contribution in [0.4, 0.5) is 0 Å². The highest BCUT2D eigenvalue weighted by atomic mass is 16.5. The number of hydrogen-bond donors (Lipinski definition) is 0. The van der Waals surface area contributed by atoms with Crippen LogP contribution in [0.3, 0.4) is 0 Å². The maximum atomic E-state index is 11.2. The van der Waals surface area contributed by atoms with Gasteiger partial charge < -0.3 is 4.74 Å². The van der Waals surface area contributed by atoms with Crippen molar-refractivity contribution >= 4 is 11.5 Å². The number of methoxy groups -OCH3 is 1. The molecule has 5 nitrogen and oxygen atoms in total. The Morgan fingerprint density at radius 2 is 2.38 bits per heavy atom. The van der Waals surface area contributed by atoms with Crippen LogP contribution in [0, 0.1) is 0 Å². The first kappa shape index (κ1) is 7.72. The van der Waals surface area contributed by atoms with E-state index in [9.17, 15) is 4.79 Å². The zero-order valence-electron chi connectivity index (χ0n) is 6.97. The van der Waals surface area contributed by atoms with Crippen molar-refractivity contribution in [2.75, 3.05) is 7.11 Å². The topological polar surface area (TPSA) is 56.5 Å². The Balaban J connectivity index is 2.64. The second kappa shape index (κ2) is 2.85. The van der Waals surface area contributed by atoms with Gasteiger partial charge >= 0.3 is 5.97 Å². The molecule has 0 N–H and O–H groups in total. The third-order valence-corrected chi connectivity index (χ3v) is 1.73. The predicted molar refractivity (Wildman–Crippen MR) is 44.3 cm³/mol. The van der Waals surface area contributed by atoms with Crippen LogP contribution in [0.5, 0.6) is 0 Å². The van der Waals surface area contributed by atoms with E-state index in [1.807, 2.05) is 0 Å². The van der Waals surface area contributed by atoms with Gasteiger partial charge in [-0.05, 0) is 0 Å². The van der Waals surface area contributed by atoms with Crippen molar-refractivity contribution in [2.45, 2.75) is 0 Å². The molecule has 0 saturated carbocycles. The van der Waals surface area contributed by atoms with E-state index in [1.165, 1.54) is 13.3 Å². The van der Waals surface area contributed by atoms with E-state index in [0.717, 1.165) is 0 Å². The largest absolute Gasteiger partial charge is 0.465 e. The number of carbonyl (C=O) groups is 1. The molecular formula is C8H7N3O2. The first-order chi connectivity index (χ1) is 6.33. The number of ether oxygens (including phenoxy) is 1. The Bertz CT molecular complexity index is 449. The number of hydrogen-bond acceptors (Lipinski definition) is 4. The number of nitrogens with zero attached hydrogens (tertiary/aromatic N) is 3. The summed E-state index contributed by atoms with van der Waals surface area (Å²) in [5.74, 6) is -0.400. The summed E-state index contributed by atoms with van der Waals surface area (Å²) in [5.41, 5.74) is 1.07. The van der Waals surface area contributed by atoms with Crippen molar-refractivity contribution in [1.29, 1.82) is 0 Å². The number of fused-ring (bicyclic) bond motifs is 1. The lowest BCUT2D eigenvalue weighted by Crippen LogP contribution is -2.00. The molecule has 0 amide bonds. The molecule has 0 fully saturated rings. The minimum Gasteiger partial charge on any atom is -0.465 e. The molecular weight excluding hydrogens is 170 g/mol. The summed E-state index contributed by atoms with van der Waals surface area (Å²) in [6, 6.07) is 0. The molecule has 13 heavy (non-hydrogen) atoms. The first-order valence-corrected chi connectivity index (χ1v) is 3.68. The van der Waals surface area contributed by atoms with Gasteiger partial charge in [0.05, 0.1) is 25.0 Å². The van der Waals surface area contributed by atoms with E-state index in [2.05, 4.69) is 14.8 Å². The van der Waals surface area contributed by atoms with Crippen LogP contribution >= 0.6 is 0 Å². The number of rotatable bonds is 1. The third kappa shape index (κ3) is 1.14. The van der Waals surface area contributed by atoms with E-state index in [1.54, 1.807) is 23.1 Å². The van der Waals surface area contributed by atoms with Gasteiger partial charge in [-0.1, -0.05) is 0 Å². The zero-order chi connectivity index (χ0) is 9.26. The SMILES string of the molecule is COC(=O)c1cnn2ccncc12. The Hall–Kier alpha value is -1.91. The second-order valence-electron chi connectivity index (χ2n) is 2.46. The normalized spacial score (nSPS) is 10.2. The van der Waals surface area contributed by atoms with Crippen molar-refractivity contribution in [3.05, 3.63) is 30.4 Å². The molecule has 66 valence electrons. The Kier molecular flexibility index (Phi) is 1.70. The van der Waals surface area contributed by atoms with Crippen LogP contribution in [0.15, 0.2) is 24.8 Å². The standard InChI is InChI=1S/C8H7N3O2/c1-13-8(12)6-4-10-11-3-2-9-5-7(6)11/h2-5H,1H3. The number of carbonyl (C=O) groups excluding carboxylic acids is 1. The first-order valence-electron chi connectivity index (χ1n) is 3.68. The van der Waals surface area contributed by atoms with Gasteiger partial charge in [-0.25, -0.2) is 9.31 Å². The molecule has 0 bridgehead atoms. The fourth-order valence-electron chi connectivity index (χ4n) is 1.10. The van der Waals surface area contributed by atoms with Gasteiger partial charge in [0.25, 0.3) is 0 Å². The van der Waals surface area contributed by atoms with Gasteiger partial charge in [-0.3, -0.25) is 4.98 Å². The van der Waals surface area contributed by atoms with E-state index in [-0.39, 0.29) is 0 Å². The summed E-state index contributed by atoms with van der Waals surface area (Å²) in [5, 5.41) is 3.96. The molecule has 5 heteroatoms. The molecule has 0 atom stereocenters. The van der Waals surface area contributed by atoms with Crippen molar-refractivity contribution in [1.82, 2.24) is 14.6 Å². The quantitative estimate of drug-likeness (QED) is 0.596. The summed E-state index contributed by atoms with van der Waals surface area (Å²) in [6.45, 7) is 0. The number of aromatic nitrogens is 3. The summed E-state index contributed by atoms with van der Waals surface area (Å²) in [4.78, 5) is 15.1. The third-order valence-electron chi connectivity index (χ3n) is 1.73. The second-order valence-corrected chi connectivity index (χ2v) is 2.46. The van der Waals surface area contributed by atoms with Gasteiger partial charge in [0.2, 0.25) is 0 Å². The van der Waals surface area contributed by atoms with Crippen LogP contribution in [0.1, 0.15) is 10.4 Å². The van der Waals surface area contributed by atoms with E-state index >= 15 is 0 Å². The molecule has 0 radical (unpaired) electrons. The molecule has 2 heterocycles. The molecule has 2 aromatic heterocycles. The average molecular weight is 177 g/mol. The van der Waals surface area contributed by atoms with Gasteiger partial charge in [0.15, 0.2) is 0 Å². The van der Waals surface area contributed by atoms with Gasteiger partial charge in [0, 0.05) is 12.4 Å². The van der Waals surface area contributed by atoms with E-state index in [0.29, 0.717) is 11.1 Å². The molecule has 0 aliphatic heterocycles. The smallest absolute Gasteiger partial charge is 0.341 e. The van der Waals surface area contributed by atoms with Crippen LogP contribution in [-0.2, 0) is 4.74 Å². The molecule has 0 aliphatic rings. The summed E-state index contributed by atoms with van der Waals surface area (Å²) >= 11 is 0. The van der Waals surface area contributed by atoms with Gasteiger partial charge in [-0.2, -0.15) is 5.10 Å². The van der Waals surface area contributed by atoms with Crippen molar-refractivity contribution in [2.24, 2.45) is 0 Å². The van der Waals surface area contributed by atoms with E-state index in [4.69, 9.17) is 0 Å². The summed E-state index contributed by atoms with van der Waals surface area (Å²) < 4.78 is 6.15. The fourth-order valence-corrected chi connectivity index (χ4v) is 1.10. The average Bonchev–Trinajstić information content (AvgIpc) is 2.60. The fraction of sp³-hybridized carbons (Fsp3) is 0.125. The minimum absolute atomic E-state index is 0.400. The van der Waals surface area contributed by atoms with Crippen LogP contribution in [-0.4, -0.2) is 27.7 Å².